The summed E-state index contributed by atoms with van der Waals surface area (Å²) in [5, 5.41) is 4.68. The van der Waals surface area contributed by atoms with Crippen molar-refractivity contribution in [2.45, 2.75) is 6.04 Å². The maximum atomic E-state index is 12.0. The third-order valence-electron chi connectivity index (χ3n) is 3.46. The summed E-state index contributed by atoms with van der Waals surface area (Å²) in [6.45, 7) is 0.450. The second-order valence-corrected chi connectivity index (χ2v) is 5.88. The lowest BCUT2D eigenvalue weighted by Gasteiger charge is -2.23. The van der Waals surface area contributed by atoms with E-state index in [1.54, 1.807) is 6.08 Å². The van der Waals surface area contributed by atoms with Gasteiger partial charge in [-0.15, -0.1) is 4.28 Å². The van der Waals surface area contributed by atoms with E-state index in [0.29, 0.717) is 16.3 Å². The lowest BCUT2D eigenvalue weighted by molar-refractivity contribution is -0.0160. The highest BCUT2D eigenvalue weighted by molar-refractivity contribution is 7.80. The van der Waals surface area contributed by atoms with Crippen LogP contribution in [0.2, 0.25) is 0 Å². The van der Waals surface area contributed by atoms with Gasteiger partial charge in [-0.05, 0) is 6.07 Å². The minimum atomic E-state index is -4.82. The molecule has 1 N–H and O–H groups in total. The number of hydrogen-bond acceptors (Lipinski definition) is 6. The molecule has 1 fully saturated rings. The third-order valence-corrected chi connectivity index (χ3v) is 3.81. The summed E-state index contributed by atoms with van der Waals surface area (Å²) in [5.74, 6) is 0. The highest BCUT2D eigenvalue weighted by Gasteiger charge is 2.45. The summed E-state index contributed by atoms with van der Waals surface area (Å²) in [5.41, 5.74) is 0.669. The zero-order valence-electron chi connectivity index (χ0n) is 11.4. The maximum Gasteiger partial charge on any atom is 0.418 e. The number of nitrogens with zero attached hydrogens (tertiary/aromatic N) is 4. The highest BCUT2D eigenvalue weighted by atomic mass is 32.3. The second kappa shape index (κ2) is 4.90. The molecule has 2 aliphatic heterocycles. The SMILES string of the molecule is Cn1nc(C2=CCN3CC2N(OS(=O)(=O)O)C3=O)ccc1=O. The van der Waals surface area contributed by atoms with Gasteiger partial charge in [0.1, 0.15) is 6.04 Å². The number of aryl methyl sites for hydroxylation is 1. The van der Waals surface area contributed by atoms with Gasteiger partial charge < -0.3 is 4.90 Å². The summed E-state index contributed by atoms with van der Waals surface area (Å²) < 4.78 is 36.1. The number of rotatable bonds is 3. The zero-order valence-corrected chi connectivity index (χ0v) is 12.2. The Morgan fingerprint density at radius 2 is 2.09 bits per heavy atom. The van der Waals surface area contributed by atoms with Gasteiger partial charge in [-0.25, -0.2) is 9.48 Å². The van der Waals surface area contributed by atoms with Crippen molar-refractivity contribution in [1.82, 2.24) is 19.7 Å². The first-order valence-electron chi connectivity index (χ1n) is 6.26. The van der Waals surface area contributed by atoms with Crippen molar-refractivity contribution < 1.29 is 22.0 Å². The van der Waals surface area contributed by atoms with Crippen LogP contribution in [0.3, 0.4) is 0 Å². The number of aromatic nitrogens is 2. The van der Waals surface area contributed by atoms with Crippen molar-refractivity contribution in [3.63, 3.8) is 0 Å². The van der Waals surface area contributed by atoms with Crippen molar-refractivity contribution in [2.24, 2.45) is 7.05 Å². The summed E-state index contributed by atoms with van der Waals surface area (Å²) in [6.07, 6.45) is 1.70. The van der Waals surface area contributed by atoms with E-state index in [0.717, 1.165) is 4.68 Å². The maximum absolute atomic E-state index is 12.0. The van der Waals surface area contributed by atoms with Gasteiger partial charge in [0.25, 0.3) is 5.56 Å². The first-order chi connectivity index (χ1) is 10.3. The fraction of sp³-hybridized carbons (Fsp3) is 0.364. The van der Waals surface area contributed by atoms with Gasteiger partial charge in [-0.1, -0.05) is 6.08 Å². The van der Waals surface area contributed by atoms with Gasteiger partial charge >= 0.3 is 16.4 Å². The Bertz CT molecular complexity index is 829. The highest BCUT2D eigenvalue weighted by Crippen LogP contribution is 2.32. The standard InChI is InChI=1S/C11H12N4O6S/c1-13-10(16)3-2-8(12-13)7-4-5-14-6-9(7)15(11(14)17)21-22(18,19)20/h2-4,9H,5-6H2,1H3,(H,18,19,20). The van der Waals surface area contributed by atoms with Crippen LogP contribution in [0.1, 0.15) is 5.69 Å². The summed E-state index contributed by atoms with van der Waals surface area (Å²) in [7, 11) is -3.34. The minimum absolute atomic E-state index is 0.199. The van der Waals surface area contributed by atoms with E-state index >= 15 is 0 Å². The van der Waals surface area contributed by atoms with E-state index < -0.39 is 22.5 Å². The van der Waals surface area contributed by atoms with Gasteiger partial charge in [0.2, 0.25) is 0 Å². The van der Waals surface area contributed by atoms with Crippen molar-refractivity contribution in [3.05, 3.63) is 34.3 Å². The van der Waals surface area contributed by atoms with Crippen molar-refractivity contribution in [3.8, 4) is 0 Å². The van der Waals surface area contributed by atoms with Crippen molar-refractivity contribution >= 4 is 22.0 Å². The normalized spacial score (nSPS) is 21.3. The van der Waals surface area contributed by atoms with Gasteiger partial charge in [-0.3, -0.25) is 9.35 Å². The minimum Gasteiger partial charge on any atom is -0.317 e. The number of carbonyl (C=O) groups is 1. The Kier molecular flexibility index (Phi) is 3.27. The number of hydrogen-bond donors (Lipinski definition) is 1. The fourth-order valence-corrected chi connectivity index (χ4v) is 2.84. The number of fused-ring (bicyclic) bond motifs is 2. The monoisotopic (exact) mass is 328 g/mol. The molecule has 118 valence electrons. The summed E-state index contributed by atoms with van der Waals surface area (Å²) in [6, 6.07) is 1.39. The molecule has 2 aliphatic rings. The van der Waals surface area contributed by atoms with Crippen LogP contribution < -0.4 is 5.56 Å². The van der Waals surface area contributed by atoms with Crippen molar-refractivity contribution in [2.75, 3.05) is 13.1 Å². The molecule has 0 spiro atoms. The Labute approximate surface area is 125 Å². The van der Waals surface area contributed by atoms with Gasteiger partial charge in [-0.2, -0.15) is 18.6 Å². The second-order valence-electron chi connectivity index (χ2n) is 4.87. The predicted molar refractivity (Wildman–Crippen MR) is 72.7 cm³/mol. The van der Waals surface area contributed by atoms with Gasteiger partial charge in [0.05, 0.1) is 12.2 Å². The Morgan fingerprint density at radius 3 is 2.73 bits per heavy atom. The molecule has 11 heteroatoms. The third kappa shape index (κ3) is 2.49. The molecule has 3 rings (SSSR count). The van der Waals surface area contributed by atoms with Crippen LogP contribution in [-0.4, -0.2) is 57.9 Å². The molecule has 22 heavy (non-hydrogen) atoms. The fourth-order valence-electron chi connectivity index (χ4n) is 2.47. The predicted octanol–water partition coefficient (Wildman–Crippen LogP) is -0.982. The average molecular weight is 328 g/mol. The number of carbonyl (C=O) groups excluding carboxylic acids is 1. The van der Waals surface area contributed by atoms with Crippen LogP contribution in [0.15, 0.2) is 23.0 Å². The van der Waals surface area contributed by atoms with E-state index in [1.165, 1.54) is 24.1 Å². The van der Waals surface area contributed by atoms with E-state index in [2.05, 4.69) is 9.38 Å². The van der Waals surface area contributed by atoms with Gasteiger partial charge in [0.15, 0.2) is 0 Å². The molecule has 0 saturated carbocycles. The molecule has 1 atom stereocenters. The Morgan fingerprint density at radius 1 is 1.36 bits per heavy atom. The van der Waals surface area contributed by atoms with E-state index in [1.807, 2.05) is 0 Å². The van der Waals surface area contributed by atoms with E-state index in [-0.39, 0.29) is 18.6 Å². The molecule has 1 unspecified atom stereocenters. The van der Waals surface area contributed by atoms with Gasteiger partial charge in [0, 0.05) is 25.2 Å². The molecule has 0 radical (unpaired) electrons. The number of amides is 2. The molecule has 1 aromatic heterocycles. The summed E-state index contributed by atoms with van der Waals surface area (Å²) in [4.78, 5) is 24.8. The first kappa shape index (κ1) is 14.7. The Hall–Kier alpha value is -2.24. The molecule has 2 bridgehead atoms. The lowest BCUT2D eigenvalue weighted by Crippen LogP contribution is -2.36. The van der Waals surface area contributed by atoms with Crippen LogP contribution in [0, 0.1) is 0 Å². The molecule has 0 aromatic carbocycles. The van der Waals surface area contributed by atoms with Crippen LogP contribution in [0.5, 0.6) is 0 Å². The number of hydroxylamine groups is 2. The molecule has 3 heterocycles. The first-order valence-corrected chi connectivity index (χ1v) is 7.63. The molecule has 10 nitrogen and oxygen atoms in total. The van der Waals surface area contributed by atoms with Crippen LogP contribution in [0.25, 0.3) is 5.57 Å². The topological polar surface area (TPSA) is 122 Å². The smallest absolute Gasteiger partial charge is 0.317 e. The van der Waals surface area contributed by atoms with Crippen LogP contribution in [-0.2, 0) is 21.7 Å². The molecule has 2 amide bonds. The summed E-state index contributed by atoms with van der Waals surface area (Å²) >= 11 is 0. The average Bonchev–Trinajstić information content (AvgIpc) is 2.66. The lowest BCUT2D eigenvalue weighted by atomic mass is 10.0. The number of urea groups is 1. The molecular formula is C11H12N4O6S. The largest absolute Gasteiger partial charge is 0.418 e. The van der Waals surface area contributed by atoms with Crippen LogP contribution in [0.4, 0.5) is 4.79 Å². The molecular weight excluding hydrogens is 316 g/mol. The quantitative estimate of drug-likeness (QED) is 0.707. The van der Waals surface area contributed by atoms with E-state index in [9.17, 15) is 18.0 Å². The molecule has 1 saturated heterocycles. The molecule has 0 aliphatic carbocycles. The molecule has 1 aromatic rings. The van der Waals surface area contributed by atoms with E-state index in [4.69, 9.17) is 4.55 Å². The zero-order chi connectivity index (χ0) is 16.1. The van der Waals surface area contributed by atoms with Crippen molar-refractivity contribution in [1.29, 1.82) is 0 Å². The Balaban J connectivity index is 1.99. The van der Waals surface area contributed by atoms with Crippen LogP contribution >= 0.6 is 0 Å².